The highest BCUT2D eigenvalue weighted by atomic mass is 32.2. The zero-order valence-corrected chi connectivity index (χ0v) is 13.5. The molecule has 0 saturated heterocycles. The SMILES string of the molecule is O=C(N[C@@H](CC[S@@](=O)c1ccccc1)C(=O)O)c1ccccc1F. The molecule has 7 heteroatoms. The van der Waals surface area contributed by atoms with Gasteiger partial charge in [-0.25, -0.2) is 9.18 Å². The molecule has 0 fully saturated rings. The van der Waals surface area contributed by atoms with Crippen LogP contribution in [0.4, 0.5) is 4.39 Å². The van der Waals surface area contributed by atoms with Gasteiger partial charge in [0.1, 0.15) is 11.9 Å². The van der Waals surface area contributed by atoms with E-state index in [9.17, 15) is 23.3 Å². The highest BCUT2D eigenvalue weighted by Gasteiger charge is 2.23. The summed E-state index contributed by atoms with van der Waals surface area (Å²) in [6.45, 7) is 0. The summed E-state index contributed by atoms with van der Waals surface area (Å²) in [5, 5.41) is 11.5. The molecule has 2 rings (SSSR count). The lowest BCUT2D eigenvalue weighted by Crippen LogP contribution is -2.41. The number of aliphatic carboxylic acids is 1. The lowest BCUT2D eigenvalue weighted by Gasteiger charge is -2.14. The maximum absolute atomic E-state index is 13.6. The van der Waals surface area contributed by atoms with Crippen molar-refractivity contribution in [1.29, 1.82) is 0 Å². The van der Waals surface area contributed by atoms with Crippen LogP contribution < -0.4 is 5.32 Å². The van der Waals surface area contributed by atoms with E-state index in [1.165, 1.54) is 18.2 Å². The molecule has 0 aliphatic carbocycles. The summed E-state index contributed by atoms with van der Waals surface area (Å²) in [5.74, 6) is -2.74. The minimum absolute atomic E-state index is 0.0307. The molecule has 2 atom stereocenters. The molecular weight excluding hydrogens is 333 g/mol. The number of carboxylic acid groups (broad SMARTS) is 1. The van der Waals surface area contributed by atoms with Gasteiger partial charge in [-0.2, -0.15) is 0 Å². The van der Waals surface area contributed by atoms with Crippen molar-refractivity contribution in [3.8, 4) is 0 Å². The Bertz CT molecular complexity index is 751. The molecule has 0 aromatic heterocycles. The number of carbonyl (C=O) groups excluding carboxylic acids is 1. The van der Waals surface area contributed by atoms with Crippen molar-refractivity contribution in [1.82, 2.24) is 5.32 Å². The first-order chi connectivity index (χ1) is 11.5. The van der Waals surface area contributed by atoms with Gasteiger partial charge in [-0.3, -0.25) is 9.00 Å². The maximum Gasteiger partial charge on any atom is 0.326 e. The van der Waals surface area contributed by atoms with Crippen LogP contribution >= 0.6 is 0 Å². The Kier molecular flexibility index (Phi) is 6.20. The summed E-state index contributed by atoms with van der Waals surface area (Å²) in [5.41, 5.74) is -0.229. The van der Waals surface area contributed by atoms with E-state index in [-0.39, 0.29) is 17.7 Å². The molecular formula is C17H16FNO4S. The molecule has 2 aromatic carbocycles. The molecule has 0 heterocycles. The Labute approximate surface area is 141 Å². The van der Waals surface area contributed by atoms with Gasteiger partial charge in [-0.1, -0.05) is 30.3 Å². The Morgan fingerprint density at radius 1 is 1.08 bits per heavy atom. The second-order valence-corrected chi connectivity index (χ2v) is 6.57. The van der Waals surface area contributed by atoms with Crippen molar-refractivity contribution in [3.05, 3.63) is 66.0 Å². The van der Waals surface area contributed by atoms with Crippen molar-refractivity contribution in [2.45, 2.75) is 17.4 Å². The number of amides is 1. The molecule has 0 radical (unpaired) electrons. The zero-order valence-electron chi connectivity index (χ0n) is 12.6. The zero-order chi connectivity index (χ0) is 17.5. The lowest BCUT2D eigenvalue weighted by atomic mass is 10.1. The van der Waals surface area contributed by atoms with Gasteiger partial charge in [0.05, 0.1) is 16.4 Å². The van der Waals surface area contributed by atoms with Crippen molar-refractivity contribution in [3.63, 3.8) is 0 Å². The number of carboxylic acids is 1. The standard InChI is InChI=1S/C17H16FNO4S/c18-14-9-5-4-8-13(14)16(20)19-15(17(21)22)10-11-24(23)12-6-2-1-3-7-12/h1-9,15H,10-11H2,(H,19,20)(H,21,22)/t15-,24+/m0/s1. The van der Waals surface area contributed by atoms with Gasteiger partial charge in [0.15, 0.2) is 0 Å². The third kappa shape index (κ3) is 4.73. The fourth-order valence-electron chi connectivity index (χ4n) is 2.05. The van der Waals surface area contributed by atoms with Crippen LogP contribution in [0.5, 0.6) is 0 Å². The van der Waals surface area contributed by atoms with Crippen molar-refractivity contribution >= 4 is 22.7 Å². The molecule has 0 aliphatic heterocycles. The van der Waals surface area contributed by atoms with Gasteiger partial charge in [-0.15, -0.1) is 0 Å². The van der Waals surface area contributed by atoms with E-state index in [1.54, 1.807) is 30.3 Å². The van der Waals surface area contributed by atoms with Gasteiger partial charge in [0.2, 0.25) is 0 Å². The Morgan fingerprint density at radius 2 is 1.71 bits per heavy atom. The maximum atomic E-state index is 13.6. The monoisotopic (exact) mass is 349 g/mol. The molecule has 1 amide bonds. The summed E-state index contributed by atoms with van der Waals surface area (Å²) in [6, 6.07) is 12.7. The fourth-order valence-corrected chi connectivity index (χ4v) is 3.20. The van der Waals surface area contributed by atoms with Gasteiger partial charge in [-0.05, 0) is 30.7 Å². The number of carbonyl (C=O) groups is 2. The minimum atomic E-state index is -1.37. The Morgan fingerprint density at radius 3 is 2.33 bits per heavy atom. The minimum Gasteiger partial charge on any atom is -0.480 e. The predicted molar refractivity (Wildman–Crippen MR) is 87.6 cm³/mol. The molecule has 2 aromatic rings. The smallest absolute Gasteiger partial charge is 0.326 e. The molecule has 126 valence electrons. The van der Waals surface area contributed by atoms with E-state index in [0.29, 0.717) is 4.90 Å². The lowest BCUT2D eigenvalue weighted by molar-refractivity contribution is -0.139. The van der Waals surface area contributed by atoms with Crippen LogP contribution in [0.25, 0.3) is 0 Å². The van der Waals surface area contributed by atoms with Gasteiger partial charge >= 0.3 is 5.97 Å². The Hall–Kier alpha value is -2.54. The second kappa shape index (κ2) is 8.35. The Balaban J connectivity index is 2.00. The van der Waals surface area contributed by atoms with E-state index in [2.05, 4.69) is 5.32 Å². The number of rotatable bonds is 7. The van der Waals surface area contributed by atoms with Gasteiger partial charge in [0.25, 0.3) is 5.91 Å². The van der Waals surface area contributed by atoms with Crippen molar-refractivity contribution in [2.75, 3.05) is 5.75 Å². The summed E-state index contributed by atoms with van der Waals surface area (Å²) < 4.78 is 25.7. The average Bonchev–Trinajstić information content (AvgIpc) is 2.59. The molecule has 0 unspecified atom stereocenters. The molecule has 0 saturated carbocycles. The number of nitrogens with one attached hydrogen (secondary N) is 1. The summed E-state index contributed by atoms with van der Waals surface area (Å²) in [6.07, 6.45) is -0.0307. The summed E-state index contributed by atoms with van der Waals surface area (Å²) >= 11 is 0. The first kappa shape index (κ1) is 17.8. The first-order valence-electron chi connectivity index (χ1n) is 7.20. The quantitative estimate of drug-likeness (QED) is 0.803. The highest BCUT2D eigenvalue weighted by molar-refractivity contribution is 7.85. The number of hydrogen-bond acceptors (Lipinski definition) is 3. The fraction of sp³-hybridized carbons (Fsp3) is 0.176. The third-order valence-corrected chi connectivity index (χ3v) is 4.72. The van der Waals surface area contributed by atoms with Crippen molar-refractivity contribution in [2.24, 2.45) is 0 Å². The normalized spacial score (nSPS) is 13.0. The van der Waals surface area contributed by atoms with E-state index >= 15 is 0 Å². The topological polar surface area (TPSA) is 83.5 Å². The molecule has 0 bridgehead atoms. The van der Waals surface area contributed by atoms with Crippen LogP contribution in [0.3, 0.4) is 0 Å². The van der Waals surface area contributed by atoms with Crippen LogP contribution in [0, 0.1) is 5.82 Å². The van der Waals surface area contributed by atoms with E-state index in [0.717, 1.165) is 6.07 Å². The van der Waals surface area contributed by atoms with Gasteiger partial charge in [0, 0.05) is 10.6 Å². The van der Waals surface area contributed by atoms with Crippen LogP contribution in [-0.4, -0.2) is 33.0 Å². The third-order valence-electron chi connectivity index (χ3n) is 3.32. The van der Waals surface area contributed by atoms with Crippen LogP contribution in [0.1, 0.15) is 16.8 Å². The van der Waals surface area contributed by atoms with Gasteiger partial charge < -0.3 is 10.4 Å². The van der Waals surface area contributed by atoms with Crippen LogP contribution in [0.15, 0.2) is 59.5 Å². The molecule has 5 nitrogen and oxygen atoms in total. The van der Waals surface area contributed by atoms with E-state index in [4.69, 9.17) is 0 Å². The van der Waals surface area contributed by atoms with Crippen LogP contribution in [0.2, 0.25) is 0 Å². The molecule has 0 aliphatic rings. The largest absolute Gasteiger partial charge is 0.480 e. The second-order valence-electron chi connectivity index (χ2n) is 5.00. The van der Waals surface area contributed by atoms with E-state index in [1.807, 2.05) is 0 Å². The van der Waals surface area contributed by atoms with Crippen LogP contribution in [-0.2, 0) is 15.6 Å². The molecule has 0 spiro atoms. The summed E-state index contributed by atoms with van der Waals surface area (Å²) in [4.78, 5) is 23.9. The van der Waals surface area contributed by atoms with E-state index < -0.39 is 34.5 Å². The van der Waals surface area contributed by atoms with Crippen molar-refractivity contribution < 1.29 is 23.3 Å². The average molecular weight is 349 g/mol. The molecule has 24 heavy (non-hydrogen) atoms. The number of hydrogen-bond donors (Lipinski definition) is 2. The predicted octanol–water partition coefficient (Wildman–Crippen LogP) is 2.21. The summed E-state index contributed by atoms with van der Waals surface area (Å²) in [7, 11) is -1.37. The number of halogens is 1. The highest BCUT2D eigenvalue weighted by Crippen LogP contribution is 2.10. The molecule has 2 N–H and O–H groups in total. The first-order valence-corrected chi connectivity index (χ1v) is 8.52. The number of benzene rings is 2.